The van der Waals surface area contributed by atoms with Crippen molar-refractivity contribution in [1.29, 1.82) is 0 Å². The fourth-order valence-corrected chi connectivity index (χ4v) is 3.63. The molecule has 0 amide bonds. The van der Waals surface area contributed by atoms with Crippen LogP contribution in [0.5, 0.6) is 0 Å². The van der Waals surface area contributed by atoms with Crippen LogP contribution in [0.3, 0.4) is 0 Å². The van der Waals surface area contributed by atoms with Gasteiger partial charge in [0.15, 0.2) is 11.6 Å². The first kappa shape index (κ1) is 30.6. The van der Waals surface area contributed by atoms with Gasteiger partial charge in [-0.25, -0.2) is 19.9 Å². The fraction of sp³-hybridized carbons (Fsp3) is 0. The van der Waals surface area contributed by atoms with Crippen molar-refractivity contribution in [3.05, 3.63) is 83.8 Å². The molecule has 0 atom stereocenters. The van der Waals surface area contributed by atoms with Crippen molar-refractivity contribution in [3.8, 4) is 11.3 Å². The van der Waals surface area contributed by atoms with Crippen molar-refractivity contribution in [1.82, 2.24) is 19.9 Å². The van der Waals surface area contributed by atoms with Crippen molar-refractivity contribution in [2.75, 3.05) is 11.5 Å². The summed E-state index contributed by atoms with van der Waals surface area (Å²) < 4.78 is 0.520. The second-order valence-corrected chi connectivity index (χ2v) is 9.51. The molecular weight excluding hydrogens is 660 g/mol. The molecule has 0 saturated carbocycles. The van der Waals surface area contributed by atoms with Crippen LogP contribution in [-0.2, 0) is 0 Å². The minimum absolute atomic E-state index is 0.184. The molecule has 0 aliphatic carbocycles. The number of rotatable bonds is 2. The number of hydrogen-bond acceptors (Lipinski definition) is 8. The summed E-state index contributed by atoms with van der Waals surface area (Å²) in [6.45, 7) is 0. The lowest BCUT2D eigenvalue weighted by Crippen LogP contribution is -2.30. The van der Waals surface area contributed by atoms with Crippen LogP contribution in [-0.4, -0.2) is 37.1 Å². The molecule has 0 saturated heterocycles. The molecule has 0 bridgehead atoms. The minimum atomic E-state index is -1.57. The van der Waals surface area contributed by atoms with E-state index in [1.54, 1.807) is 30.3 Å². The Bertz CT molecular complexity index is 1350. The quantitative estimate of drug-likeness (QED) is 0.195. The van der Waals surface area contributed by atoms with Crippen molar-refractivity contribution in [2.45, 2.75) is 0 Å². The molecule has 0 aliphatic heterocycles. The van der Waals surface area contributed by atoms with Crippen LogP contribution in [0.15, 0.2) is 53.4 Å². The zero-order chi connectivity index (χ0) is 27.0. The molecule has 2 aromatic carbocycles. The lowest BCUT2D eigenvalue weighted by molar-refractivity contribution is 0.426. The van der Waals surface area contributed by atoms with Crippen LogP contribution in [0.1, 0.15) is 0 Å². The lowest BCUT2D eigenvalue weighted by atomic mass is 9.80. The van der Waals surface area contributed by atoms with Crippen LogP contribution in [0, 0.1) is 0 Å². The maximum atomic E-state index is 8.74. The predicted molar refractivity (Wildman–Crippen MR) is 152 cm³/mol. The summed E-state index contributed by atoms with van der Waals surface area (Å²) >= 11 is 37.4. The Morgan fingerprint density at radius 1 is 0.722 bits per heavy atom. The van der Waals surface area contributed by atoms with Crippen LogP contribution in [0.2, 0.25) is 30.4 Å². The summed E-state index contributed by atoms with van der Waals surface area (Å²) in [4.78, 5) is 15.5. The molecule has 2 heterocycles. The summed E-state index contributed by atoms with van der Waals surface area (Å²) in [5, 5.41) is 19.4. The van der Waals surface area contributed by atoms with Gasteiger partial charge in [0.05, 0.1) is 32.5 Å². The number of hydrogen-bond donors (Lipinski definition) is 4. The van der Waals surface area contributed by atoms with E-state index in [4.69, 9.17) is 91.1 Å². The highest BCUT2D eigenvalue weighted by Gasteiger charge is 2.16. The Morgan fingerprint density at radius 2 is 1.25 bits per heavy atom. The minimum Gasteiger partial charge on any atom is -0.423 e. The Kier molecular flexibility index (Phi) is 12.2. The third-order valence-corrected chi connectivity index (χ3v) is 6.59. The van der Waals surface area contributed by atoms with E-state index in [-0.39, 0.29) is 21.5 Å². The van der Waals surface area contributed by atoms with Gasteiger partial charge in [-0.1, -0.05) is 93.9 Å². The third kappa shape index (κ3) is 8.76. The first-order valence-corrected chi connectivity index (χ1v) is 12.4. The van der Waals surface area contributed by atoms with Crippen molar-refractivity contribution in [3.63, 3.8) is 0 Å². The molecule has 0 unspecified atom stereocenters. The number of aromatic nitrogens is 4. The zero-order valence-electron chi connectivity index (χ0n) is 17.7. The van der Waals surface area contributed by atoms with Gasteiger partial charge in [-0.2, -0.15) is 0 Å². The highest BCUT2D eigenvalue weighted by Crippen LogP contribution is 2.34. The molecular formula is C20H14BBrCl6N6O2. The summed E-state index contributed by atoms with van der Waals surface area (Å²) in [5.41, 5.74) is 12.4. The average molecular weight is 674 g/mol. The predicted octanol–water partition coefficient (Wildman–Crippen LogP) is 5.83. The second-order valence-electron chi connectivity index (χ2n) is 6.41. The SMILES string of the molecule is Nc1nc(Cl)cnc1-c1cccc(Cl)c1Cl.Nc1nc(Cl)cnc1Br.OB(O)c1cccc(Cl)c1Cl. The number of nitrogens with zero attached hydrogens (tertiary/aromatic N) is 4. The van der Waals surface area contributed by atoms with Crippen LogP contribution >= 0.6 is 85.5 Å². The van der Waals surface area contributed by atoms with Gasteiger partial charge in [0, 0.05) is 11.0 Å². The van der Waals surface area contributed by atoms with Gasteiger partial charge in [0.1, 0.15) is 20.6 Å². The molecule has 8 nitrogen and oxygen atoms in total. The molecule has 0 radical (unpaired) electrons. The van der Waals surface area contributed by atoms with Gasteiger partial charge in [-0.15, -0.1) is 0 Å². The Hall–Kier alpha value is -1.60. The number of anilines is 2. The lowest BCUT2D eigenvalue weighted by Gasteiger charge is -2.07. The number of nitrogen functional groups attached to an aromatic ring is 2. The summed E-state index contributed by atoms with van der Waals surface area (Å²) in [6.07, 6.45) is 2.83. The van der Waals surface area contributed by atoms with E-state index in [2.05, 4.69) is 35.9 Å². The van der Waals surface area contributed by atoms with E-state index in [0.717, 1.165) is 0 Å². The molecule has 0 spiro atoms. The van der Waals surface area contributed by atoms with Gasteiger partial charge in [-0.05, 0) is 28.1 Å². The summed E-state index contributed by atoms with van der Waals surface area (Å²) in [5.74, 6) is 0.527. The number of benzene rings is 2. The fourth-order valence-electron chi connectivity index (χ4n) is 2.36. The highest BCUT2D eigenvalue weighted by molar-refractivity contribution is 9.10. The van der Waals surface area contributed by atoms with Crippen molar-refractivity contribution >= 4 is 110 Å². The molecule has 6 N–H and O–H groups in total. The van der Waals surface area contributed by atoms with Crippen LogP contribution in [0.25, 0.3) is 11.3 Å². The van der Waals surface area contributed by atoms with Gasteiger partial charge < -0.3 is 21.5 Å². The molecule has 0 aliphatic rings. The molecule has 4 rings (SSSR count). The standard InChI is InChI=1S/C10H6Cl3N3.C6H5BCl2O2.C4H3BrClN3/c11-6-3-1-2-5(8(6)13)9-10(14)16-7(12)4-15-9;8-5-3-1-2-4(6(5)9)7(10)11;5-3-4(7)9-2(6)1-8-3/h1-4H,(H2,14,16);1-3,10-11H;1H,(H2,7,9). The molecule has 0 fully saturated rings. The topological polar surface area (TPSA) is 144 Å². The van der Waals surface area contributed by atoms with Crippen molar-refractivity contribution < 1.29 is 10.0 Å². The number of halogens is 7. The first-order chi connectivity index (χ1) is 16.9. The van der Waals surface area contributed by atoms with Crippen LogP contribution in [0.4, 0.5) is 11.6 Å². The molecule has 2 aromatic heterocycles. The van der Waals surface area contributed by atoms with Crippen LogP contribution < -0.4 is 16.9 Å². The van der Waals surface area contributed by atoms with E-state index < -0.39 is 7.12 Å². The zero-order valence-corrected chi connectivity index (χ0v) is 23.8. The van der Waals surface area contributed by atoms with E-state index in [0.29, 0.717) is 41.9 Å². The Balaban J connectivity index is 0.000000200. The van der Waals surface area contributed by atoms with Gasteiger partial charge in [0.2, 0.25) is 0 Å². The van der Waals surface area contributed by atoms with E-state index in [9.17, 15) is 0 Å². The normalized spacial score (nSPS) is 10.0. The summed E-state index contributed by atoms with van der Waals surface area (Å²) in [7, 11) is -1.57. The second kappa shape index (κ2) is 14.4. The highest BCUT2D eigenvalue weighted by atomic mass is 79.9. The molecule has 188 valence electrons. The summed E-state index contributed by atoms with van der Waals surface area (Å²) in [6, 6.07) is 9.90. The molecule has 36 heavy (non-hydrogen) atoms. The smallest absolute Gasteiger partial charge is 0.423 e. The molecule has 4 aromatic rings. The largest absolute Gasteiger partial charge is 0.490 e. The third-order valence-electron chi connectivity index (χ3n) is 3.96. The number of nitrogens with two attached hydrogens (primary N) is 2. The monoisotopic (exact) mass is 670 g/mol. The molecule has 16 heteroatoms. The van der Waals surface area contributed by atoms with Gasteiger partial charge in [0.25, 0.3) is 0 Å². The first-order valence-electron chi connectivity index (χ1n) is 9.38. The Morgan fingerprint density at radius 3 is 1.75 bits per heavy atom. The van der Waals surface area contributed by atoms with E-state index in [1.165, 1.54) is 18.5 Å². The van der Waals surface area contributed by atoms with Gasteiger partial charge in [-0.3, -0.25) is 0 Å². The maximum Gasteiger partial charge on any atom is 0.490 e. The van der Waals surface area contributed by atoms with E-state index >= 15 is 0 Å². The maximum absolute atomic E-state index is 8.74. The van der Waals surface area contributed by atoms with E-state index in [1.807, 2.05) is 0 Å². The average Bonchev–Trinajstić information content (AvgIpc) is 2.81. The Labute approximate surface area is 244 Å². The van der Waals surface area contributed by atoms with Crippen molar-refractivity contribution in [2.24, 2.45) is 0 Å². The van der Waals surface area contributed by atoms with Gasteiger partial charge >= 0.3 is 7.12 Å².